The van der Waals surface area contributed by atoms with Crippen molar-refractivity contribution in [2.75, 3.05) is 13.1 Å². The van der Waals surface area contributed by atoms with Gasteiger partial charge in [0.2, 0.25) is 5.91 Å². The van der Waals surface area contributed by atoms with Crippen molar-refractivity contribution in [3.8, 4) is 11.1 Å². The van der Waals surface area contributed by atoms with Gasteiger partial charge in [-0.25, -0.2) is 14.8 Å². The molecule has 154 valence electrons. The molecule has 0 saturated heterocycles. The van der Waals surface area contributed by atoms with E-state index in [4.69, 9.17) is 5.14 Å². The van der Waals surface area contributed by atoms with Crippen molar-refractivity contribution in [1.82, 2.24) is 19.6 Å². The number of hydrogen-bond acceptors (Lipinski definition) is 6. The molecule has 4 N–H and O–H groups in total. The number of nitrogens with two attached hydrogens (primary N) is 1. The van der Waals surface area contributed by atoms with E-state index in [2.05, 4.69) is 15.0 Å². The minimum atomic E-state index is -3.78. The van der Waals surface area contributed by atoms with Crippen LogP contribution in [-0.4, -0.2) is 37.0 Å². The number of carbonyl (C=O) groups is 1. The molecule has 2 heterocycles. The fourth-order valence-corrected chi connectivity index (χ4v) is 4.07. The number of aryl methyl sites for hydroxylation is 2. The van der Waals surface area contributed by atoms with Gasteiger partial charge in [-0.05, 0) is 12.5 Å². The first-order chi connectivity index (χ1) is 13.7. The van der Waals surface area contributed by atoms with Gasteiger partial charge in [0, 0.05) is 37.0 Å². The summed E-state index contributed by atoms with van der Waals surface area (Å²) in [6.45, 7) is 2.26. The molecule has 11 heteroatoms. The van der Waals surface area contributed by atoms with Crippen LogP contribution in [0.2, 0.25) is 0 Å². The van der Waals surface area contributed by atoms with Gasteiger partial charge < -0.3 is 5.32 Å². The van der Waals surface area contributed by atoms with Crippen molar-refractivity contribution in [3.63, 3.8) is 0 Å². The third kappa shape index (κ3) is 5.48. The van der Waals surface area contributed by atoms with E-state index in [1.807, 2.05) is 36.6 Å². The molecule has 0 saturated carbocycles. The van der Waals surface area contributed by atoms with Gasteiger partial charge in [0.15, 0.2) is 0 Å². The highest BCUT2D eigenvalue weighted by Crippen LogP contribution is 2.30. The summed E-state index contributed by atoms with van der Waals surface area (Å²) in [5, 5.41) is 9.83. The number of carbonyl (C=O) groups excluding carboxylic acids is 1. The quantitative estimate of drug-likeness (QED) is 0.448. The van der Waals surface area contributed by atoms with Crippen molar-refractivity contribution in [1.29, 1.82) is 0 Å². The van der Waals surface area contributed by atoms with Crippen LogP contribution in [0, 0.1) is 6.92 Å². The van der Waals surface area contributed by atoms with E-state index in [0.29, 0.717) is 10.2 Å². The molecular weight excluding hydrogens is 414 g/mol. The van der Waals surface area contributed by atoms with Crippen LogP contribution in [0.1, 0.15) is 12.0 Å². The van der Waals surface area contributed by atoms with Gasteiger partial charge in [-0.3, -0.25) is 14.2 Å². The molecule has 29 heavy (non-hydrogen) atoms. The van der Waals surface area contributed by atoms with Crippen LogP contribution in [0.25, 0.3) is 21.3 Å². The van der Waals surface area contributed by atoms with Gasteiger partial charge >= 0.3 is 0 Å². The lowest BCUT2D eigenvalue weighted by atomic mass is 10.1. The third-order valence-corrected chi connectivity index (χ3v) is 5.75. The van der Waals surface area contributed by atoms with Crippen LogP contribution >= 0.6 is 11.3 Å². The van der Waals surface area contributed by atoms with Crippen molar-refractivity contribution < 1.29 is 13.2 Å². The number of benzene rings is 1. The molecule has 0 fully saturated rings. The molecule has 1 amide bonds. The summed E-state index contributed by atoms with van der Waals surface area (Å²) in [4.78, 5) is 29.9. The SMILES string of the molecule is Cc1ccc(-c2csc3ncn(CCC(=O)NCCNS(N)(=O)=O)c(=O)c23)cc1. The number of nitrogens with one attached hydrogen (secondary N) is 2. The Morgan fingerprint density at radius 3 is 2.66 bits per heavy atom. The van der Waals surface area contributed by atoms with E-state index < -0.39 is 10.2 Å². The maximum Gasteiger partial charge on any atom is 0.274 e. The van der Waals surface area contributed by atoms with E-state index in [-0.39, 0.29) is 37.5 Å². The summed E-state index contributed by atoms with van der Waals surface area (Å²) in [5.41, 5.74) is 2.71. The Bertz CT molecular complexity index is 1180. The minimum Gasteiger partial charge on any atom is -0.355 e. The first kappa shape index (κ1) is 21.1. The van der Waals surface area contributed by atoms with E-state index in [1.54, 1.807) is 0 Å². The van der Waals surface area contributed by atoms with Crippen molar-refractivity contribution >= 4 is 37.7 Å². The standard InChI is InChI=1S/C18H21N5O4S2/c1-12-2-4-13(5-3-12)14-10-28-17-16(14)18(25)23(11-21-17)9-6-15(24)20-7-8-22-29(19,26)27/h2-5,10-11,22H,6-9H2,1H3,(H,20,24)(H2,19,26,27). The average molecular weight is 436 g/mol. The van der Waals surface area contributed by atoms with Crippen LogP contribution in [-0.2, 0) is 21.5 Å². The molecular formula is C18H21N5O4S2. The van der Waals surface area contributed by atoms with Crippen LogP contribution in [0.15, 0.2) is 40.8 Å². The molecule has 2 aromatic heterocycles. The number of nitrogens with zero attached hydrogens (tertiary/aromatic N) is 2. The van der Waals surface area contributed by atoms with Gasteiger partial charge in [0.05, 0.1) is 11.7 Å². The predicted octanol–water partition coefficient (Wildman–Crippen LogP) is 0.733. The summed E-state index contributed by atoms with van der Waals surface area (Å²) in [6, 6.07) is 7.92. The Hall–Kier alpha value is -2.60. The normalized spacial score (nSPS) is 11.7. The van der Waals surface area contributed by atoms with Gasteiger partial charge in [0.1, 0.15) is 4.83 Å². The topological polar surface area (TPSA) is 136 Å². The fraction of sp³-hybridized carbons (Fsp3) is 0.278. The zero-order valence-corrected chi connectivity index (χ0v) is 17.3. The Labute approximate surface area is 171 Å². The molecule has 0 aliphatic rings. The molecule has 0 aliphatic heterocycles. The van der Waals surface area contributed by atoms with Crippen LogP contribution in [0.5, 0.6) is 0 Å². The molecule has 3 rings (SSSR count). The molecule has 0 bridgehead atoms. The third-order valence-electron chi connectivity index (χ3n) is 4.25. The number of hydrogen-bond donors (Lipinski definition) is 3. The lowest BCUT2D eigenvalue weighted by Gasteiger charge is -2.08. The van der Waals surface area contributed by atoms with Gasteiger partial charge in [-0.15, -0.1) is 11.3 Å². The summed E-state index contributed by atoms with van der Waals surface area (Å²) >= 11 is 1.41. The Morgan fingerprint density at radius 1 is 1.24 bits per heavy atom. The molecule has 3 aromatic rings. The van der Waals surface area contributed by atoms with Crippen molar-refractivity contribution in [2.45, 2.75) is 19.9 Å². The van der Waals surface area contributed by atoms with E-state index >= 15 is 0 Å². The number of thiophene rings is 1. The fourth-order valence-electron chi connectivity index (χ4n) is 2.78. The van der Waals surface area contributed by atoms with E-state index in [9.17, 15) is 18.0 Å². The maximum absolute atomic E-state index is 12.9. The average Bonchev–Trinajstić information content (AvgIpc) is 3.09. The second-order valence-electron chi connectivity index (χ2n) is 6.48. The van der Waals surface area contributed by atoms with Crippen LogP contribution < -0.4 is 20.7 Å². The summed E-state index contributed by atoms with van der Waals surface area (Å²) < 4.78 is 25.0. The predicted molar refractivity (Wildman–Crippen MR) is 113 cm³/mol. The second-order valence-corrected chi connectivity index (χ2v) is 8.71. The zero-order valence-electron chi connectivity index (χ0n) is 15.7. The highest BCUT2D eigenvalue weighted by atomic mass is 32.2. The maximum atomic E-state index is 12.9. The van der Waals surface area contributed by atoms with E-state index in [0.717, 1.165) is 16.7 Å². The zero-order chi connectivity index (χ0) is 21.0. The monoisotopic (exact) mass is 435 g/mol. The molecule has 0 aliphatic carbocycles. The number of rotatable bonds is 8. The molecule has 0 spiro atoms. The largest absolute Gasteiger partial charge is 0.355 e. The van der Waals surface area contributed by atoms with Gasteiger partial charge in [0.25, 0.3) is 15.8 Å². The molecule has 1 aromatic carbocycles. The summed E-state index contributed by atoms with van der Waals surface area (Å²) in [5.74, 6) is -0.308. The first-order valence-electron chi connectivity index (χ1n) is 8.82. The summed E-state index contributed by atoms with van der Waals surface area (Å²) in [7, 11) is -3.78. The molecule has 9 nitrogen and oxygen atoms in total. The summed E-state index contributed by atoms with van der Waals surface area (Å²) in [6.07, 6.45) is 1.50. The van der Waals surface area contributed by atoms with Crippen molar-refractivity contribution in [3.05, 3.63) is 51.9 Å². The Balaban J connectivity index is 1.70. The Kier molecular flexibility index (Phi) is 6.42. The Morgan fingerprint density at radius 2 is 1.97 bits per heavy atom. The van der Waals surface area contributed by atoms with Crippen molar-refractivity contribution in [2.24, 2.45) is 5.14 Å². The lowest BCUT2D eigenvalue weighted by molar-refractivity contribution is -0.121. The highest BCUT2D eigenvalue weighted by Gasteiger charge is 2.14. The second kappa shape index (κ2) is 8.82. The van der Waals surface area contributed by atoms with Gasteiger partial charge in [-0.2, -0.15) is 8.42 Å². The lowest BCUT2D eigenvalue weighted by Crippen LogP contribution is -2.38. The molecule has 0 atom stereocenters. The number of aromatic nitrogens is 2. The van der Waals surface area contributed by atoms with Gasteiger partial charge in [-0.1, -0.05) is 29.8 Å². The highest BCUT2D eigenvalue weighted by molar-refractivity contribution is 7.87. The molecule has 0 radical (unpaired) electrons. The smallest absolute Gasteiger partial charge is 0.274 e. The van der Waals surface area contributed by atoms with Crippen LogP contribution in [0.4, 0.5) is 0 Å². The molecule has 0 unspecified atom stereocenters. The number of fused-ring (bicyclic) bond motifs is 1. The minimum absolute atomic E-state index is 0.00709. The first-order valence-corrected chi connectivity index (χ1v) is 11.2. The van der Waals surface area contributed by atoms with Crippen LogP contribution in [0.3, 0.4) is 0 Å². The van der Waals surface area contributed by atoms with E-state index in [1.165, 1.54) is 22.2 Å². The number of amides is 1.